The predicted molar refractivity (Wildman–Crippen MR) is 82.4 cm³/mol. The number of hydrogen-bond acceptors (Lipinski definition) is 2. The number of halogens is 1. The van der Waals surface area contributed by atoms with Gasteiger partial charge in [-0.15, -0.1) is 0 Å². The maximum absolute atomic E-state index is 12.9. The van der Waals surface area contributed by atoms with Crippen molar-refractivity contribution in [2.45, 2.75) is 45.7 Å². The molecule has 0 aromatic heterocycles. The van der Waals surface area contributed by atoms with Crippen molar-refractivity contribution in [3.05, 3.63) is 35.6 Å². The van der Waals surface area contributed by atoms with Crippen LogP contribution in [-0.4, -0.2) is 36.6 Å². The quantitative estimate of drug-likeness (QED) is 0.890. The zero-order valence-corrected chi connectivity index (χ0v) is 12.9. The van der Waals surface area contributed by atoms with E-state index in [1.807, 2.05) is 12.1 Å². The lowest BCUT2D eigenvalue weighted by atomic mass is 9.86. The van der Waals surface area contributed by atoms with Gasteiger partial charge in [0.2, 0.25) is 0 Å². The van der Waals surface area contributed by atoms with Crippen molar-refractivity contribution in [2.75, 3.05) is 19.6 Å². The summed E-state index contributed by atoms with van der Waals surface area (Å²) in [6.45, 7) is 10.1. The van der Waals surface area contributed by atoms with Gasteiger partial charge < -0.3 is 5.32 Å². The first-order valence-corrected chi connectivity index (χ1v) is 7.83. The third-order valence-electron chi connectivity index (χ3n) is 4.77. The van der Waals surface area contributed by atoms with Gasteiger partial charge in [-0.1, -0.05) is 26.0 Å². The number of rotatable bonds is 5. The molecule has 0 aliphatic carbocycles. The molecule has 0 spiro atoms. The highest BCUT2D eigenvalue weighted by Gasteiger charge is 2.31. The monoisotopic (exact) mass is 278 g/mol. The van der Waals surface area contributed by atoms with Crippen LogP contribution in [0.15, 0.2) is 24.3 Å². The number of likely N-dealkylation sites (tertiary alicyclic amines) is 1. The van der Waals surface area contributed by atoms with Gasteiger partial charge in [-0.2, -0.15) is 0 Å². The number of hydrogen-bond donors (Lipinski definition) is 1. The van der Waals surface area contributed by atoms with Crippen LogP contribution in [0.25, 0.3) is 0 Å². The van der Waals surface area contributed by atoms with E-state index < -0.39 is 0 Å². The summed E-state index contributed by atoms with van der Waals surface area (Å²) in [4.78, 5) is 2.57. The highest BCUT2D eigenvalue weighted by atomic mass is 19.1. The lowest BCUT2D eigenvalue weighted by Crippen LogP contribution is -2.53. The van der Waals surface area contributed by atoms with Crippen molar-refractivity contribution < 1.29 is 4.39 Å². The van der Waals surface area contributed by atoms with Gasteiger partial charge in [-0.25, -0.2) is 4.39 Å². The zero-order chi connectivity index (χ0) is 14.5. The molecule has 20 heavy (non-hydrogen) atoms. The third-order valence-corrected chi connectivity index (χ3v) is 4.77. The van der Waals surface area contributed by atoms with Crippen molar-refractivity contribution >= 4 is 0 Å². The molecule has 1 aliphatic rings. The van der Waals surface area contributed by atoms with Crippen LogP contribution in [0.2, 0.25) is 0 Å². The maximum Gasteiger partial charge on any atom is 0.123 e. The lowest BCUT2D eigenvalue weighted by Gasteiger charge is -2.43. The van der Waals surface area contributed by atoms with Gasteiger partial charge in [0.25, 0.3) is 0 Å². The van der Waals surface area contributed by atoms with Gasteiger partial charge >= 0.3 is 0 Å². The zero-order valence-electron chi connectivity index (χ0n) is 12.9. The molecule has 3 heteroatoms. The van der Waals surface area contributed by atoms with Crippen LogP contribution in [0.3, 0.4) is 0 Å². The Morgan fingerprint density at radius 3 is 2.60 bits per heavy atom. The van der Waals surface area contributed by atoms with Crippen LogP contribution < -0.4 is 5.32 Å². The number of benzene rings is 1. The Hall–Kier alpha value is -0.930. The normalized spacial score (nSPS) is 27.7. The van der Waals surface area contributed by atoms with E-state index in [0.29, 0.717) is 18.0 Å². The van der Waals surface area contributed by atoms with Crippen LogP contribution in [-0.2, 0) is 6.42 Å². The lowest BCUT2D eigenvalue weighted by molar-refractivity contribution is 0.0867. The number of nitrogens with zero attached hydrogens (tertiary/aromatic N) is 1. The summed E-state index contributed by atoms with van der Waals surface area (Å²) in [6.07, 6.45) is 2.23. The van der Waals surface area contributed by atoms with E-state index in [4.69, 9.17) is 0 Å². The largest absolute Gasteiger partial charge is 0.314 e. The number of piperidine rings is 1. The smallest absolute Gasteiger partial charge is 0.123 e. The molecule has 1 N–H and O–H groups in total. The summed E-state index contributed by atoms with van der Waals surface area (Å²) in [5.74, 6) is 0.527. The van der Waals surface area contributed by atoms with Crippen LogP contribution >= 0.6 is 0 Å². The first kappa shape index (κ1) is 15.5. The molecule has 1 saturated heterocycles. The average molecular weight is 278 g/mol. The Labute approximate surface area is 122 Å². The first-order chi connectivity index (χ1) is 9.61. The van der Waals surface area contributed by atoms with Crippen LogP contribution in [0, 0.1) is 11.7 Å². The SMILES string of the molecule is CCNC1CCN(CCc2ccc(F)cc2)C(C)C1C. The summed E-state index contributed by atoms with van der Waals surface area (Å²) in [5.41, 5.74) is 1.22. The molecule has 3 atom stereocenters. The minimum atomic E-state index is -0.151. The van der Waals surface area contributed by atoms with E-state index in [0.717, 1.165) is 26.1 Å². The third kappa shape index (κ3) is 3.80. The molecule has 1 aliphatic heterocycles. The molecule has 3 unspecified atom stereocenters. The molecule has 2 rings (SSSR count). The number of nitrogens with one attached hydrogen (secondary N) is 1. The van der Waals surface area contributed by atoms with Crippen molar-refractivity contribution in [3.8, 4) is 0 Å². The molecule has 1 fully saturated rings. The molecular formula is C17H27FN2. The molecular weight excluding hydrogens is 251 g/mol. The Kier molecular flexibility index (Phi) is 5.55. The second-order valence-corrected chi connectivity index (χ2v) is 5.97. The van der Waals surface area contributed by atoms with Crippen molar-refractivity contribution in [3.63, 3.8) is 0 Å². The van der Waals surface area contributed by atoms with Crippen LogP contribution in [0.1, 0.15) is 32.8 Å². The van der Waals surface area contributed by atoms with E-state index in [1.54, 1.807) is 12.1 Å². The molecule has 2 nitrogen and oxygen atoms in total. The second-order valence-electron chi connectivity index (χ2n) is 5.97. The van der Waals surface area contributed by atoms with Crippen LogP contribution in [0.5, 0.6) is 0 Å². The van der Waals surface area contributed by atoms with Gasteiger partial charge in [-0.3, -0.25) is 4.90 Å². The standard InChI is InChI=1S/C17H27FN2/c1-4-19-17-10-12-20(14(3)13(17)2)11-9-15-5-7-16(18)8-6-15/h5-8,13-14,17,19H,4,9-12H2,1-3H3. The van der Waals surface area contributed by atoms with Gasteiger partial charge in [0.05, 0.1) is 0 Å². The minimum absolute atomic E-state index is 0.151. The Balaban J connectivity index is 1.86. The molecule has 1 aromatic carbocycles. The summed E-state index contributed by atoms with van der Waals surface area (Å²) < 4.78 is 12.9. The van der Waals surface area contributed by atoms with Crippen molar-refractivity contribution in [1.82, 2.24) is 10.2 Å². The van der Waals surface area contributed by atoms with Gasteiger partial charge in [0.1, 0.15) is 5.82 Å². The molecule has 0 saturated carbocycles. The van der Waals surface area contributed by atoms with E-state index in [-0.39, 0.29) is 5.82 Å². The fourth-order valence-electron chi connectivity index (χ4n) is 3.23. The predicted octanol–water partition coefficient (Wildman–Crippen LogP) is 3.08. The van der Waals surface area contributed by atoms with E-state index in [1.165, 1.54) is 12.0 Å². The molecule has 0 radical (unpaired) electrons. The molecule has 1 heterocycles. The van der Waals surface area contributed by atoms with Gasteiger partial charge in [-0.05, 0) is 56.5 Å². The Morgan fingerprint density at radius 2 is 1.95 bits per heavy atom. The van der Waals surface area contributed by atoms with E-state index in [2.05, 4.69) is 31.0 Å². The van der Waals surface area contributed by atoms with Crippen molar-refractivity contribution in [1.29, 1.82) is 0 Å². The summed E-state index contributed by atoms with van der Waals surface area (Å²) in [7, 11) is 0. The fourth-order valence-corrected chi connectivity index (χ4v) is 3.23. The maximum atomic E-state index is 12.9. The molecule has 112 valence electrons. The highest BCUT2D eigenvalue weighted by molar-refractivity contribution is 5.16. The molecule has 0 amide bonds. The fraction of sp³-hybridized carbons (Fsp3) is 0.647. The molecule has 1 aromatic rings. The summed E-state index contributed by atoms with van der Waals surface area (Å²) in [5, 5.41) is 3.60. The first-order valence-electron chi connectivity index (χ1n) is 7.83. The van der Waals surface area contributed by atoms with Crippen molar-refractivity contribution in [2.24, 2.45) is 5.92 Å². The average Bonchev–Trinajstić information content (AvgIpc) is 2.45. The Morgan fingerprint density at radius 1 is 1.25 bits per heavy atom. The van der Waals surface area contributed by atoms with Crippen LogP contribution in [0.4, 0.5) is 4.39 Å². The van der Waals surface area contributed by atoms with Gasteiger partial charge in [0, 0.05) is 18.6 Å². The molecule has 0 bridgehead atoms. The van der Waals surface area contributed by atoms with Gasteiger partial charge in [0.15, 0.2) is 0 Å². The summed E-state index contributed by atoms with van der Waals surface area (Å²) in [6, 6.07) is 8.16. The Bertz CT molecular complexity index is 404. The second kappa shape index (κ2) is 7.19. The topological polar surface area (TPSA) is 15.3 Å². The van der Waals surface area contributed by atoms with E-state index >= 15 is 0 Å². The highest BCUT2D eigenvalue weighted by Crippen LogP contribution is 2.23. The minimum Gasteiger partial charge on any atom is -0.314 e. The summed E-state index contributed by atoms with van der Waals surface area (Å²) >= 11 is 0. The van der Waals surface area contributed by atoms with E-state index in [9.17, 15) is 4.39 Å².